The van der Waals surface area contributed by atoms with Gasteiger partial charge < -0.3 is 15.3 Å². The maximum atomic E-state index is 12.4. The highest BCUT2D eigenvalue weighted by molar-refractivity contribution is 5.99. The number of amides is 1. The van der Waals surface area contributed by atoms with Crippen molar-refractivity contribution in [2.24, 2.45) is 0 Å². The van der Waals surface area contributed by atoms with E-state index in [-0.39, 0.29) is 12.5 Å². The van der Waals surface area contributed by atoms with Gasteiger partial charge in [-0.25, -0.2) is 0 Å². The molecule has 100 valence electrons. The average molecular weight is 250 g/mol. The SMILES string of the molecule is CCCN(CCO)C(=O)c1ccc(C)cc1NC. The number of aryl methyl sites for hydroxylation is 1. The Morgan fingerprint density at radius 3 is 2.67 bits per heavy atom. The molecule has 0 heterocycles. The Balaban J connectivity index is 3.00. The van der Waals surface area contributed by atoms with E-state index < -0.39 is 0 Å². The van der Waals surface area contributed by atoms with Crippen LogP contribution in [-0.2, 0) is 0 Å². The predicted molar refractivity (Wildman–Crippen MR) is 74.0 cm³/mol. The van der Waals surface area contributed by atoms with Crippen molar-refractivity contribution in [2.75, 3.05) is 32.1 Å². The van der Waals surface area contributed by atoms with E-state index in [4.69, 9.17) is 5.11 Å². The highest BCUT2D eigenvalue weighted by Gasteiger charge is 2.17. The minimum atomic E-state index is -0.0322. The molecule has 4 nitrogen and oxygen atoms in total. The number of aliphatic hydroxyl groups excluding tert-OH is 1. The Labute approximate surface area is 109 Å². The van der Waals surface area contributed by atoms with Crippen molar-refractivity contribution in [2.45, 2.75) is 20.3 Å². The fraction of sp³-hybridized carbons (Fsp3) is 0.500. The fourth-order valence-electron chi connectivity index (χ4n) is 1.93. The van der Waals surface area contributed by atoms with Crippen molar-refractivity contribution < 1.29 is 9.90 Å². The molecule has 0 radical (unpaired) electrons. The first-order valence-electron chi connectivity index (χ1n) is 6.32. The number of rotatable bonds is 6. The predicted octanol–water partition coefficient (Wildman–Crippen LogP) is 1.88. The fourth-order valence-corrected chi connectivity index (χ4v) is 1.93. The molecule has 1 aromatic rings. The van der Waals surface area contributed by atoms with Gasteiger partial charge in [-0.3, -0.25) is 4.79 Å². The molecule has 18 heavy (non-hydrogen) atoms. The van der Waals surface area contributed by atoms with Crippen molar-refractivity contribution in [1.29, 1.82) is 0 Å². The summed E-state index contributed by atoms with van der Waals surface area (Å²) in [6, 6.07) is 5.72. The van der Waals surface area contributed by atoms with Crippen molar-refractivity contribution in [3.8, 4) is 0 Å². The molecule has 0 bridgehead atoms. The van der Waals surface area contributed by atoms with Gasteiger partial charge in [0.1, 0.15) is 0 Å². The number of carbonyl (C=O) groups is 1. The zero-order chi connectivity index (χ0) is 13.5. The number of hydrogen-bond acceptors (Lipinski definition) is 3. The number of aliphatic hydroxyl groups is 1. The molecule has 0 atom stereocenters. The Kier molecular flexibility index (Phi) is 5.65. The third-order valence-electron chi connectivity index (χ3n) is 2.83. The average Bonchev–Trinajstić information content (AvgIpc) is 2.37. The van der Waals surface area contributed by atoms with Crippen LogP contribution in [0.3, 0.4) is 0 Å². The maximum absolute atomic E-state index is 12.4. The zero-order valence-electron chi connectivity index (χ0n) is 11.4. The van der Waals surface area contributed by atoms with Crippen LogP contribution in [0.5, 0.6) is 0 Å². The molecular formula is C14H22N2O2. The van der Waals surface area contributed by atoms with Gasteiger partial charge in [0.05, 0.1) is 12.2 Å². The van der Waals surface area contributed by atoms with Crippen molar-refractivity contribution >= 4 is 11.6 Å². The van der Waals surface area contributed by atoms with Crippen molar-refractivity contribution in [1.82, 2.24) is 4.90 Å². The smallest absolute Gasteiger partial charge is 0.256 e. The van der Waals surface area contributed by atoms with Gasteiger partial charge in [0.2, 0.25) is 0 Å². The summed E-state index contributed by atoms with van der Waals surface area (Å²) in [5, 5.41) is 12.1. The molecule has 0 unspecified atom stereocenters. The first-order chi connectivity index (χ1) is 8.63. The molecule has 4 heteroatoms. The monoisotopic (exact) mass is 250 g/mol. The number of nitrogens with one attached hydrogen (secondary N) is 1. The molecule has 0 saturated heterocycles. The van der Waals surface area contributed by atoms with Crippen LogP contribution in [0.2, 0.25) is 0 Å². The number of carbonyl (C=O) groups excluding carboxylic acids is 1. The van der Waals surface area contributed by atoms with Crippen molar-refractivity contribution in [3.05, 3.63) is 29.3 Å². The molecule has 0 aliphatic rings. The highest BCUT2D eigenvalue weighted by Crippen LogP contribution is 2.19. The standard InChI is InChI=1S/C14H22N2O2/c1-4-7-16(8-9-17)14(18)12-6-5-11(2)10-13(12)15-3/h5-6,10,15,17H,4,7-9H2,1-3H3. The third-order valence-corrected chi connectivity index (χ3v) is 2.83. The van der Waals surface area contributed by atoms with Crippen LogP contribution in [0, 0.1) is 6.92 Å². The van der Waals surface area contributed by atoms with Gasteiger partial charge in [-0.15, -0.1) is 0 Å². The lowest BCUT2D eigenvalue weighted by Crippen LogP contribution is -2.34. The lowest BCUT2D eigenvalue weighted by molar-refractivity contribution is 0.0723. The second kappa shape index (κ2) is 7.01. The number of benzene rings is 1. The molecular weight excluding hydrogens is 228 g/mol. The van der Waals surface area contributed by atoms with Gasteiger partial charge in [-0.1, -0.05) is 13.0 Å². The van der Waals surface area contributed by atoms with Crippen LogP contribution >= 0.6 is 0 Å². The Morgan fingerprint density at radius 1 is 1.39 bits per heavy atom. The van der Waals surface area contributed by atoms with Gasteiger partial charge in [0.15, 0.2) is 0 Å². The topological polar surface area (TPSA) is 52.6 Å². The summed E-state index contributed by atoms with van der Waals surface area (Å²) in [6.45, 7) is 5.05. The van der Waals surface area contributed by atoms with E-state index in [1.807, 2.05) is 39.1 Å². The van der Waals surface area contributed by atoms with E-state index in [2.05, 4.69) is 5.32 Å². The van der Waals surface area contributed by atoms with Gasteiger partial charge in [0.25, 0.3) is 5.91 Å². The van der Waals surface area contributed by atoms with E-state index in [1.165, 1.54) is 0 Å². The Hall–Kier alpha value is -1.55. The minimum Gasteiger partial charge on any atom is -0.395 e. The lowest BCUT2D eigenvalue weighted by atomic mass is 10.1. The van der Waals surface area contributed by atoms with Crippen LogP contribution in [0.4, 0.5) is 5.69 Å². The largest absolute Gasteiger partial charge is 0.395 e. The summed E-state index contributed by atoms with van der Waals surface area (Å²) >= 11 is 0. The van der Waals surface area contributed by atoms with Crippen LogP contribution in [0.1, 0.15) is 29.3 Å². The van der Waals surface area contributed by atoms with Crippen LogP contribution < -0.4 is 5.32 Å². The second-order valence-electron chi connectivity index (χ2n) is 4.31. The molecule has 1 rings (SSSR count). The summed E-state index contributed by atoms with van der Waals surface area (Å²) in [4.78, 5) is 14.1. The summed E-state index contributed by atoms with van der Waals surface area (Å²) in [5.41, 5.74) is 2.60. The maximum Gasteiger partial charge on any atom is 0.256 e. The molecule has 0 aliphatic carbocycles. The van der Waals surface area contributed by atoms with E-state index in [1.54, 1.807) is 4.90 Å². The number of nitrogens with zero attached hydrogens (tertiary/aromatic N) is 1. The van der Waals surface area contributed by atoms with E-state index in [9.17, 15) is 4.79 Å². The summed E-state index contributed by atoms with van der Waals surface area (Å²) in [7, 11) is 1.81. The van der Waals surface area contributed by atoms with Crippen molar-refractivity contribution in [3.63, 3.8) is 0 Å². The van der Waals surface area contributed by atoms with Gasteiger partial charge in [0, 0.05) is 25.8 Å². The lowest BCUT2D eigenvalue weighted by Gasteiger charge is -2.22. The number of hydrogen-bond donors (Lipinski definition) is 2. The molecule has 2 N–H and O–H groups in total. The van der Waals surface area contributed by atoms with E-state index in [0.717, 1.165) is 17.7 Å². The second-order valence-corrected chi connectivity index (χ2v) is 4.31. The molecule has 0 saturated carbocycles. The van der Waals surface area contributed by atoms with E-state index >= 15 is 0 Å². The van der Waals surface area contributed by atoms with Crippen LogP contribution in [0.15, 0.2) is 18.2 Å². The normalized spacial score (nSPS) is 10.2. The first-order valence-corrected chi connectivity index (χ1v) is 6.32. The number of anilines is 1. The van der Waals surface area contributed by atoms with Gasteiger partial charge in [-0.05, 0) is 31.0 Å². The summed E-state index contributed by atoms with van der Waals surface area (Å²) < 4.78 is 0. The molecule has 1 amide bonds. The van der Waals surface area contributed by atoms with Crippen LogP contribution in [-0.4, -0.2) is 42.7 Å². The quantitative estimate of drug-likeness (QED) is 0.810. The van der Waals surface area contributed by atoms with Crippen LogP contribution in [0.25, 0.3) is 0 Å². The third kappa shape index (κ3) is 3.47. The first kappa shape index (κ1) is 14.5. The van der Waals surface area contributed by atoms with Gasteiger partial charge in [-0.2, -0.15) is 0 Å². The zero-order valence-corrected chi connectivity index (χ0v) is 11.4. The summed E-state index contributed by atoms with van der Waals surface area (Å²) in [6.07, 6.45) is 0.881. The summed E-state index contributed by atoms with van der Waals surface area (Å²) in [5.74, 6) is -0.0322. The molecule has 1 aromatic carbocycles. The molecule has 0 spiro atoms. The van der Waals surface area contributed by atoms with E-state index in [0.29, 0.717) is 18.7 Å². The van der Waals surface area contributed by atoms with Gasteiger partial charge >= 0.3 is 0 Å². The highest BCUT2D eigenvalue weighted by atomic mass is 16.3. The molecule has 0 fully saturated rings. The Bertz CT molecular complexity index is 399. The molecule has 0 aliphatic heterocycles. The Morgan fingerprint density at radius 2 is 2.11 bits per heavy atom. The minimum absolute atomic E-state index is 0.00745. The molecule has 0 aromatic heterocycles.